The molecule has 1 saturated carbocycles. The molecule has 1 heterocycles. The van der Waals surface area contributed by atoms with Gasteiger partial charge in [-0.05, 0) is 26.7 Å². The van der Waals surface area contributed by atoms with E-state index in [1.54, 1.807) is 11.8 Å². The summed E-state index contributed by atoms with van der Waals surface area (Å²) in [7, 11) is 0. The number of ether oxygens (including phenoxy) is 1. The standard InChI is InChI=1S/C15H24N2O3/c1-11(2)10-20-9-8-17-12(3)13(18)16-15(14(17)19)6-4-5-7-15/h12H,1,4-10H2,2-3H3,(H,16,18). The fourth-order valence-electron chi connectivity index (χ4n) is 3.01. The molecule has 1 N–H and O–H groups in total. The summed E-state index contributed by atoms with van der Waals surface area (Å²) in [6.45, 7) is 8.83. The highest BCUT2D eigenvalue weighted by molar-refractivity contribution is 5.99. The van der Waals surface area contributed by atoms with Gasteiger partial charge in [-0.1, -0.05) is 25.0 Å². The van der Waals surface area contributed by atoms with Gasteiger partial charge in [0.15, 0.2) is 0 Å². The van der Waals surface area contributed by atoms with Crippen LogP contribution in [0.2, 0.25) is 0 Å². The lowest BCUT2D eigenvalue weighted by molar-refractivity contribution is -0.154. The average Bonchev–Trinajstić information content (AvgIpc) is 2.85. The molecule has 0 aromatic rings. The van der Waals surface area contributed by atoms with E-state index in [4.69, 9.17) is 4.74 Å². The zero-order chi connectivity index (χ0) is 14.8. The molecule has 1 unspecified atom stereocenters. The average molecular weight is 280 g/mol. The molecule has 1 aliphatic heterocycles. The molecule has 1 saturated heterocycles. The van der Waals surface area contributed by atoms with Crippen LogP contribution in [0.4, 0.5) is 0 Å². The van der Waals surface area contributed by atoms with E-state index >= 15 is 0 Å². The summed E-state index contributed by atoms with van der Waals surface area (Å²) in [4.78, 5) is 26.4. The van der Waals surface area contributed by atoms with Crippen molar-refractivity contribution in [3.63, 3.8) is 0 Å². The lowest BCUT2D eigenvalue weighted by Crippen LogP contribution is -2.69. The second-order valence-corrected chi connectivity index (χ2v) is 5.96. The molecule has 0 bridgehead atoms. The first-order valence-corrected chi connectivity index (χ1v) is 7.31. The maximum Gasteiger partial charge on any atom is 0.249 e. The number of amides is 2. The minimum absolute atomic E-state index is 0.0496. The van der Waals surface area contributed by atoms with Crippen LogP contribution in [0.25, 0.3) is 0 Å². The largest absolute Gasteiger partial charge is 0.375 e. The van der Waals surface area contributed by atoms with Crippen LogP contribution in [0.5, 0.6) is 0 Å². The second kappa shape index (κ2) is 5.95. The summed E-state index contributed by atoms with van der Waals surface area (Å²) in [5.41, 5.74) is 0.311. The van der Waals surface area contributed by atoms with Crippen molar-refractivity contribution in [2.24, 2.45) is 0 Å². The Bertz CT molecular complexity index is 413. The number of nitrogens with zero attached hydrogens (tertiary/aromatic N) is 1. The third kappa shape index (κ3) is 2.87. The molecule has 2 fully saturated rings. The van der Waals surface area contributed by atoms with Crippen molar-refractivity contribution in [2.75, 3.05) is 19.8 Å². The van der Waals surface area contributed by atoms with Crippen LogP contribution < -0.4 is 5.32 Å². The lowest BCUT2D eigenvalue weighted by Gasteiger charge is -2.43. The fraction of sp³-hybridized carbons (Fsp3) is 0.733. The summed E-state index contributed by atoms with van der Waals surface area (Å²) in [5, 5.41) is 2.94. The SMILES string of the molecule is C=C(C)COCCN1C(=O)C2(CCCC2)NC(=O)C1C. The highest BCUT2D eigenvalue weighted by atomic mass is 16.5. The van der Waals surface area contributed by atoms with E-state index in [0.29, 0.717) is 19.8 Å². The van der Waals surface area contributed by atoms with Gasteiger partial charge < -0.3 is 15.0 Å². The Kier molecular flexibility index (Phi) is 4.48. The summed E-state index contributed by atoms with van der Waals surface area (Å²) in [5.74, 6) is 0.00688. The van der Waals surface area contributed by atoms with E-state index in [2.05, 4.69) is 11.9 Å². The third-order valence-corrected chi connectivity index (χ3v) is 4.16. The van der Waals surface area contributed by atoms with Crippen LogP contribution in [0.15, 0.2) is 12.2 Å². The molecule has 0 aromatic carbocycles. The Balaban J connectivity index is 1.99. The molecule has 0 aromatic heterocycles. The van der Waals surface area contributed by atoms with Crippen molar-refractivity contribution in [3.8, 4) is 0 Å². The first kappa shape index (κ1) is 15.0. The summed E-state index contributed by atoms with van der Waals surface area (Å²) in [6, 6.07) is -0.415. The predicted molar refractivity (Wildman–Crippen MR) is 76.1 cm³/mol. The Morgan fingerprint density at radius 1 is 1.45 bits per heavy atom. The van der Waals surface area contributed by atoms with Crippen molar-refractivity contribution in [1.29, 1.82) is 0 Å². The molecule has 0 radical (unpaired) electrons. The molecule has 2 amide bonds. The monoisotopic (exact) mass is 280 g/mol. The normalized spacial score (nSPS) is 25.1. The summed E-state index contributed by atoms with van der Waals surface area (Å²) >= 11 is 0. The number of piperazine rings is 1. The number of rotatable bonds is 5. The van der Waals surface area contributed by atoms with Crippen molar-refractivity contribution in [1.82, 2.24) is 10.2 Å². The smallest absolute Gasteiger partial charge is 0.249 e. The van der Waals surface area contributed by atoms with E-state index in [1.165, 1.54) is 0 Å². The molecule has 20 heavy (non-hydrogen) atoms. The summed E-state index contributed by atoms with van der Waals surface area (Å²) in [6.07, 6.45) is 3.52. The molecule has 2 aliphatic rings. The number of carbonyl (C=O) groups is 2. The highest BCUT2D eigenvalue weighted by Gasteiger charge is 2.50. The van der Waals surface area contributed by atoms with Gasteiger partial charge in [0.05, 0.1) is 13.2 Å². The van der Waals surface area contributed by atoms with Gasteiger partial charge >= 0.3 is 0 Å². The van der Waals surface area contributed by atoms with E-state index in [1.807, 2.05) is 6.92 Å². The van der Waals surface area contributed by atoms with Crippen LogP contribution in [0.1, 0.15) is 39.5 Å². The van der Waals surface area contributed by atoms with E-state index in [0.717, 1.165) is 31.3 Å². The van der Waals surface area contributed by atoms with Crippen molar-refractivity contribution in [2.45, 2.75) is 51.1 Å². The van der Waals surface area contributed by atoms with Crippen LogP contribution in [-0.2, 0) is 14.3 Å². The quantitative estimate of drug-likeness (QED) is 0.609. The number of hydrogen-bond acceptors (Lipinski definition) is 3. The van der Waals surface area contributed by atoms with Crippen LogP contribution in [0, 0.1) is 0 Å². The van der Waals surface area contributed by atoms with Gasteiger partial charge in [-0.3, -0.25) is 9.59 Å². The predicted octanol–water partition coefficient (Wildman–Crippen LogP) is 1.24. The molecule has 1 aliphatic carbocycles. The summed E-state index contributed by atoms with van der Waals surface area (Å²) < 4.78 is 5.46. The number of carbonyl (C=O) groups excluding carboxylic acids is 2. The van der Waals surface area contributed by atoms with Gasteiger partial charge in [0, 0.05) is 6.54 Å². The maximum absolute atomic E-state index is 12.7. The first-order chi connectivity index (χ1) is 9.46. The third-order valence-electron chi connectivity index (χ3n) is 4.16. The molecular weight excluding hydrogens is 256 g/mol. The minimum atomic E-state index is -0.641. The molecule has 1 atom stereocenters. The van der Waals surface area contributed by atoms with Crippen LogP contribution >= 0.6 is 0 Å². The van der Waals surface area contributed by atoms with Crippen LogP contribution in [0.3, 0.4) is 0 Å². The number of nitrogens with one attached hydrogen (secondary N) is 1. The van der Waals surface area contributed by atoms with Crippen molar-refractivity contribution >= 4 is 11.8 Å². The Morgan fingerprint density at radius 2 is 2.10 bits per heavy atom. The van der Waals surface area contributed by atoms with Gasteiger partial charge in [-0.2, -0.15) is 0 Å². The zero-order valence-corrected chi connectivity index (χ0v) is 12.4. The Hall–Kier alpha value is -1.36. The molecular formula is C15H24N2O3. The maximum atomic E-state index is 12.7. The fourth-order valence-corrected chi connectivity index (χ4v) is 3.01. The first-order valence-electron chi connectivity index (χ1n) is 7.31. The molecule has 5 nitrogen and oxygen atoms in total. The van der Waals surface area contributed by atoms with E-state index < -0.39 is 11.6 Å². The van der Waals surface area contributed by atoms with E-state index in [-0.39, 0.29) is 11.8 Å². The molecule has 5 heteroatoms. The van der Waals surface area contributed by atoms with Crippen molar-refractivity contribution in [3.05, 3.63) is 12.2 Å². The van der Waals surface area contributed by atoms with Crippen molar-refractivity contribution < 1.29 is 14.3 Å². The lowest BCUT2D eigenvalue weighted by atomic mass is 9.91. The van der Waals surface area contributed by atoms with Gasteiger partial charge in [0.25, 0.3) is 0 Å². The Morgan fingerprint density at radius 3 is 2.70 bits per heavy atom. The molecule has 1 spiro atoms. The molecule has 2 rings (SSSR count). The van der Waals surface area contributed by atoms with E-state index in [9.17, 15) is 9.59 Å². The second-order valence-electron chi connectivity index (χ2n) is 5.96. The number of hydrogen-bond donors (Lipinski definition) is 1. The van der Waals surface area contributed by atoms with Crippen LogP contribution in [-0.4, -0.2) is 48.1 Å². The van der Waals surface area contributed by atoms with Gasteiger partial charge in [-0.25, -0.2) is 0 Å². The zero-order valence-electron chi connectivity index (χ0n) is 12.4. The van der Waals surface area contributed by atoms with Gasteiger partial charge in [-0.15, -0.1) is 0 Å². The highest BCUT2D eigenvalue weighted by Crippen LogP contribution is 2.34. The molecule has 112 valence electrons. The Labute approximate surface area is 120 Å². The van der Waals surface area contributed by atoms with Gasteiger partial charge in [0.1, 0.15) is 11.6 Å². The van der Waals surface area contributed by atoms with Gasteiger partial charge in [0.2, 0.25) is 11.8 Å². The minimum Gasteiger partial charge on any atom is -0.375 e. The topological polar surface area (TPSA) is 58.6 Å².